The number of benzene rings is 1. The average Bonchev–Trinajstić information content (AvgIpc) is 2.87. The normalized spacial score (nSPS) is 24.4. The van der Waals surface area contributed by atoms with Crippen molar-refractivity contribution in [3.05, 3.63) is 30.3 Å². The number of rotatable bonds is 5. The Bertz CT molecular complexity index is 436. The summed E-state index contributed by atoms with van der Waals surface area (Å²) in [5, 5.41) is 6.05. The van der Waals surface area contributed by atoms with Crippen LogP contribution in [-0.2, 0) is 4.79 Å². The zero-order chi connectivity index (χ0) is 13.2. The Morgan fingerprint density at radius 1 is 1.28 bits per heavy atom. The lowest BCUT2D eigenvalue weighted by atomic mass is 10.1. The Kier molecular flexibility index (Phi) is 3.74. The van der Waals surface area contributed by atoms with Crippen molar-refractivity contribution in [3.63, 3.8) is 0 Å². The molecule has 1 fully saturated rings. The number of hydrogen-bond donors (Lipinski definition) is 2. The molecule has 5 heteroatoms. The van der Waals surface area contributed by atoms with Crippen LogP contribution in [-0.4, -0.2) is 23.3 Å². The Morgan fingerprint density at radius 3 is 2.44 bits per heavy atom. The predicted octanol–water partition coefficient (Wildman–Crippen LogP) is 2.80. The van der Waals surface area contributed by atoms with E-state index in [1.807, 2.05) is 30.3 Å². The highest BCUT2D eigenvalue weighted by atomic mass is 35.5. The van der Waals surface area contributed by atoms with Crippen molar-refractivity contribution in [2.75, 3.05) is 18.4 Å². The maximum atomic E-state index is 11.8. The average molecular weight is 287 g/mol. The van der Waals surface area contributed by atoms with E-state index in [4.69, 9.17) is 23.2 Å². The third-order valence-electron chi connectivity index (χ3n) is 3.27. The van der Waals surface area contributed by atoms with E-state index in [0.29, 0.717) is 19.5 Å². The number of carbonyl (C=O) groups is 1. The molecule has 1 amide bonds. The van der Waals surface area contributed by atoms with Crippen molar-refractivity contribution in [2.45, 2.75) is 17.7 Å². The molecule has 0 saturated heterocycles. The fourth-order valence-electron chi connectivity index (χ4n) is 1.78. The van der Waals surface area contributed by atoms with Gasteiger partial charge in [-0.3, -0.25) is 4.79 Å². The number of para-hydroxylation sites is 1. The zero-order valence-corrected chi connectivity index (χ0v) is 11.7. The third kappa shape index (κ3) is 2.73. The fourth-order valence-corrected chi connectivity index (χ4v) is 2.49. The van der Waals surface area contributed by atoms with Crippen LogP contribution in [0.5, 0.6) is 0 Å². The van der Waals surface area contributed by atoms with Crippen LogP contribution >= 0.6 is 23.2 Å². The first kappa shape index (κ1) is 13.5. The lowest BCUT2D eigenvalue weighted by Crippen LogP contribution is -2.36. The van der Waals surface area contributed by atoms with Crippen LogP contribution in [0.15, 0.2) is 30.3 Å². The second kappa shape index (κ2) is 4.98. The van der Waals surface area contributed by atoms with Crippen LogP contribution in [0.3, 0.4) is 0 Å². The van der Waals surface area contributed by atoms with Crippen molar-refractivity contribution < 1.29 is 4.79 Å². The highest BCUT2D eigenvalue weighted by Gasteiger charge is 2.67. The van der Waals surface area contributed by atoms with Crippen LogP contribution in [0.2, 0.25) is 0 Å². The van der Waals surface area contributed by atoms with Gasteiger partial charge in [-0.05, 0) is 25.5 Å². The molecule has 0 bridgehead atoms. The van der Waals surface area contributed by atoms with E-state index < -0.39 is 9.75 Å². The van der Waals surface area contributed by atoms with Crippen LogP contribution < -0.4 is 10.6 Å². The van der Waals surface area contributed by atoms with Gasteiger partial charge in [-0.25, -0.2) is 0 Å². The lowest BCUT2D eigenvalue weighted by molar-refractivity contribution is -0.125. The Balaban J connectivity index is 1.69. The monoisotopic (exact) mass is 286 g/mol. The van der Waals surface area contributed by atoms with Crippen LogP contribution in [0.1, 0.15) is 13.3 Å². The molecular formula is C13H16Cl2N2O. The number of anilines is 1. The minimum atomic E-state index is -0.899. The highest BCUT2D eigenvalue weighted by molar-refractivity contribution is 6.53. The molecule has 0 spiro atoms. The molecule has 0 aromatic heterocycles. The summed E-state index contributed by atoms with van der Waals surface area (Å²) >= 11 is 11.9. The van der Waals surface area contributed by atoms with Gasteiger partial charge < -0.3 is 10.6 Å². The second-order valence-corrected chi connectivity index (χ2v) is 6.25. The molecule has 0 heterocycles. The molecule has 1 aliphatic rings. The van der Waals surface area contributed by atoms with Crippen molar-refractivity contribution in [1.82, 2.24) is 5.32 Å². The number of carbonyl (C=O) groups excluding carboxylic acids is 1. The standard InChI is InChI=1S/C13H16Cl2N2O/c1-12(9-13(12,14)15)11(18)17-8-7-16-10-5-3-2-4-6-10/h2-6,16H,7-9H2,1H3,(H,17,18). The number of halogens is 2. The minimum Gasteiger partial charge on any atom is -0.383 e. The van der Waals surface area contributed by atoms with E-state index in [-0.39, 0.29) is 5.91 Å². The van der Waals surface area contributed by atoms with Gasteiger partial charge in [-0.15, -0.1) is 23.2 Å². The van der Waals surface area contributed by atoms with Crippen LogP contribution in [0, 0.1) is 5.41 Å². The molecule has 2 N–H and O–H groups in total. The third-order valence-corrected chi connectivity index (χ3v) is 4.37. The smallest absolute Gasteiger partial charge is 0.229 e. The van der Waals surface area contributed by atoms with E-state index in [0.717, 1.165) is 5.69 Å². The van der Waals surface area contributed by atoms with Crippen molar-refractivity contribution >= 4 is 34.8 Å². The summed E-state index contributed by atoms with van der Waals surface area (Å²) in [4.78, 5) is 11.8. The first-order valence-electron chi connectivity index (χ1n) is 5.91. The van der Waals surface area contributed by atoms with Gasteiger partial charge in [0.15, 0.2) is 0 Å². The molecule has 1 unspecified atom stereocenters. The molecule has 1 saturated carbocycles. The molecule has 0 aliphatic heterocycles. The van der Waals surface area contributed by atoms with Crippen LogP contribution in [0.25, 0.3) is 0 Å². The predicted molar refractivity (Wildman–Crippen MR) is 75.1 cm³/mol. The summed E-state index contributed by atoms with van der Waals surface area (Å²) in [5.41, 5.74) is 0.400. The van der Waals surface area contributed by atoms with E-state index >= 15 is 0 Å². The first-order chi connectivity index (χ1) is 8.46. The molecule has 98 valence electrons. The van der Waals surface area contributed by atoms with Crippen molar-refractivity contribution in [3.8, 4) is 0 Å². The minimum absolute atomic E-state index is 0.0811. The lowest BCUT2D eigenvalue weighted by Gasteiger charge is -2.13. The number of amides is 1. The van der Waals surface area contributed by atoms with E-state index in [2.05, 4.69) is 10.6 Å². The Labute approximate surface area is 117 Å². The molecule has 3 nitrogen and oxygen atoms in total. The molecule has 18 heavy (non-hydrogen) atoms. The summed E-state index contributed by atoms with van der Waals surface area (Å²) < 4.78 is -0.899. The van der Waals surface area contributed by atoms with Gasteiger partial charge in [-0.1, -0.05) is 18.2 Å². The number of nitrogens with one attached hydrogen (secondary N) is 2. The Morgan fingerprint density at radius 2 is 1.89 bits per heavy atom. The molecular weight excluding hydrogens is 271 g/mol. The summed E-state index contributed by atoms with van der Waals surface area (Å²) in [6, 6.07) is 9.84. The topological polar surface area (TPSA) is 41.1 Å². The van der Waals surface area contributed by atoms with Crippen molar-refractivity contribution in [2.24, 2.45) is 5.41 Å². The molecule has 1 aliphatic carbocycles. The van der Waals surface area contributed by atoms with E-state index in [9.17, 15) is 4.79 Å². The summed E-state index contributed by atoms with van der Waals surface area (Å²) in [7, 11) is 0. The van der Waals surface area contributed by atoms with E-state index in [1.165, 1.54) is 0 Å². The van der Waals surface area contributed by atoms with Gasteiger partial charge in [0.2, 0.25) is 5.91 Å². The fraction of sp³-hybridized carbons (Fsp3) is 0.462. The summed E-state index contributed by atoms with van der Waals surface area (Å²) in [6.45, 7) is 3.00. The quantitative estimate of drug-likeness (QED) is 0.646. The SMILES string of the molecule is CC1(C(=O)NCCNc2ccccc2)CC1(Cl)Cl. The van der Waals surface area contributed by atoms with Gasteiger partial charge in [0.25, 0.3) is 0 Å². The largest absolute Gasteiger partial charge is 0.383 e. The maximum absolute atomic E-state index is 11.8. The van der Waals surface area contributed by atoms with Crippen molar-refractivity contribution in [1.29, 1.82) is 0 Å². The molecule has 1 aromatic rings. The van der Waals surface area contributed by atoms with Gasteiger partial charge in [0.05, 0.1) is 5.41 Å². The van der Waals surface area contributed by atoms with Crippen LogP contribution in [0.4, 0.5) is 5.69 Å². The molecule has 1 atom stereocenters. The molecule has 2 rings (SSSR count). The second-order valence-electron chi connectivity index (χ2n) is 4.76. The zero-order valence-electron chi connectivity index (χ0n) is 10.2. The first-order valence-corrected chi connectivity index (χ1v) is 6.66. The highest BCUT2D eigenvalue weighted by Crippen LogP contribution is 2.63. The number of hydrogen-bond acceptors (Lipinski definition) is 2. The summed E-state index contributed by atoms with van der Waals surface area (Å²) in [5.74, 6) is -0.0811. The van der Waals surface area contributed by atoms with E-state index in [1.54, 1.807) is 6.92 Å². The number of alkyl halides is 2. The maximum Gasteiger partial charge on any atom is 0.229 e. The molecule has 1 aromatic carbocycles. The van der Waals surface area contributed by atoms with Gasteiger partial charge in [0.1, 0.15) is 4.33 Å². The summed E-state index contributed by atoms with van der Waals surface area (Å²) in [6.07, 6.45) is 0.515. The van der Waals surface area contributed by atoms with Gasteiger partial charge >= 0.3 is 0 Å². The molecule has 0 radical (unpaired) electrons. The van der Waals surface area contributed by atoms with Gasteiger partial charge in [0, 0.05) is 18.8 Å². The van der Waals surface area contributed by atoms with Gasteiger partial charge in [-0.2, -0.15) is 0 Å². The Hall–Kier alpha value is -0.930.